The molecule has 1 atom stereocenters. The molecule has 3 rings (SSSR count). The average Bonchev–Trinajstić information content (AvgIpc) is 2.76. The van der Waals surface area contributed by atoms with Crippen LogP contribution in [0.4, 0.5) is 11.4 Å². The van der Waals surface area contributed by atoms with Crippen LogP contribution in [0.15, 0.2) is 48.5 Å². The number of hydrogen-bond donors (Lipinski definition) is 1. The fraction of sp³-hybridized carbons (Fsp3) is 0.222. The first-order valence-electron chi connectivity index (χ1n) is 7.32. The molecule has 0 unspecified atom stereocenters. The Labute approximate surface area is 129 Å². The normalized spacial score (nSPS) is 17.9. The highest BCUT2D eigenvalue weighted by Crippen LogP contribution is 2.26. The molecule has 2 aromatic carbocycles. The van der Waals surface area contributed by atoms with E-state index in [9.17, 15) is 9.59 Å². The number of hydrogen-bond acceptors (Lipinski definition) is 3. The molecule has 0 bridgehead atoms. The molecular weight excluding hydrogens is 276 g/mol. The van der Waals surface area contributed by atoms with E-state index in [4.69, 9.17) is 0 Å². The molecule has 1 N–H and O–H groups in total. The van der Waals surface area contributed by atoms with E-state index in [1.54, 1.807) is 6.07 Å². The van der Waals surface area contributed by atoms with Crippen molar-refractivity contribution in [2.75, 3.05) is 10.2 Å². The van der Waals surface area contributed by atoms with E-state index in [1.165, 1.54) is 4.90 Å². The minimum absolute atomic E-state index is 0.165. The number of aryl methyl sites for hydroxylation is 2. The Morgan fingerprint density at radius 1 is 1.05 bits per heavy atom. The molecule has 4 heteroatoms. The molecule has 2 amide bonds. The van der Waals surface area contributed by atoms with E-state index >= 15 is 0 Å². The number of rotatable bonds is 3. The van der Waals surface area contributed by atoms with E-state index < -0.39 is 6.04 Å². The Morgan fingerprint density at radius 2 is 1.82 bits per heavy atom. The average molecular weight is 294 g/mol. The smallest absolute Gasteiger partial charge is 0.256 e. The quantitative estimate of drug-likeness (QED) is 0.885. The number of nitrogens with zero attached hydrogens (tertiary/aromatic N) is 1. The first-order chi connectivity index (χ1) is 10.6. The molecule has 0 spiro atoms. The van der Waals surface area contributed by atoms with Crippen LogP contribution in [0.25, 0.3) is 0 Å². The Kier molecular flexibility index (Phi) is 3.67. The summed E-state index contributed by atoms with van der Waals surface area (Å²) in [5.41, 5.74) is 3.61. The van der Waals surface area contributed by atoms with Gasteiger partial charge in [-0.3, -0.25) is 9.59 Å². The van der Waals surface area contributed by atoms with Gasteiger partial charge in [-0.05, 0) is 43.2 Å². The standard InChI is InChI=1S/C18H18N2O2/c1-12-6-5-8-14(10-12)20-17(21)11-16(18(20)22)19-15-9-4-3-7-13(15)2/h3-10,16,19H,11H2,1-2H3/t16-/m0/s1. The lowest BCUT2D eigenvalue weighted by molar-refractivity contribution is -0.121. The molecule has 0 aromatic heterocycles. The summed E-state index contributed by atoms with van der Waals surface area (Å²) in [4.78, 5) is 26.1. The van der Waals surface area contributed by atoms with Crippen LogP contribution >= 0.6 is 0 Å². The van der Waals surface area contributed by atoms with Crippen molar-refractivity contribution in [1.82, 2.24) is 0 Å². The zero-order valence-electron chi connectivity index (χ0n) is 12.7. The lowest BCUT2D eigenvalue weighted by Crippen LogP contribution is -2.34. The third-order valence-corrected chi connectivity index (χ3v) is 3.88. The maximum Gasteiger partial charge on any atom is 0.256 e. The predicted octanol–water partition coefficient (Wildman–Crippen LogP) is 3.05. The molecule has 1 aliphatic heterocycles. The molecule has 112 valence electrons. The summed E-state index contributed by atoms with van der Waals surface area (Å²) < 4.78 is 0. The fourth-order valence-electron chi connectivity index (χ4n) is 2.71. The molecule has 0 saturated carbocycles. The van der Waals surface area contributed by atoms with Crippen molar-refractivity contribution >= 4 is 23.2 Å². The SMILES string of the molecule is Cc1cccc(N2C(=O)C[C@H](Nc3ccccc3C)C2=O)c1. The van der Waals surface area contributed by atoms with Gasteiger partial charge in [0.25, 0.3) is 5.91 Å². The van der Waals surface area contributed by atoms with Crippen LogP contribution in [-0.2, 0) is 9.59 Å². The summed E-state index contributed by atoms with van der Waals surface area (Å²) in [6.45, 7) is 3.92. The number of amides is 2. The highest BCUT2D eigenvalue weighted by Gasteiger charge is 2.39. The van der Waals surface area contributed by atoms with Crippen molar-refractivity contribution in [2.45, 2.75) is 26.3 Å². The Balaban J connectivity index is 1.84. The maximum atomic E-state index is 12.6. The van der Waals surface area contributed by atoms with Crippen LogP contribution in [-0.4, -0.2) is 17.9 Å². The summed E-state index contributed by atoms with van der Waals surface area (Å²) in [5.74, 6) is -0.361. The lowest BCUT2D eigenvalue weighted by Gasteiger charge is -2.17. The molecule has 0 aliphatic carbocycles. The summed E-state index contributed by atoms with van der Waals surface area (Å²) in [6.07, 6.45) is 0.182. The van der Waals surface area contributed by atoms with Crippen LogP contribution < -0.4 is 10.2 Å². The van der Waals surface area contributed by atoms with Gasteiger partial charge in [-0.25, -0.2) is 4.90 Å². The number of para-hydroxylation sites is 1. The zero-order valence-corrected chi connectivity index (χ0v) is 12.7. The van der Waals surface area contributed by atoms with Crippen molar-refractivity contribution in [3.63, 3.8) is 0 Å². The summed E-state index contributed by atoms with van der Waals surface area (Å²) in [7, 11) is 0. The molecule has 4 nitrogen and oxygen atoms in total. The van der Waals surface area contributed by atoms with E-state index in [0.29, 0.717) is 5.69 Å². The van der Waals surface area contributed by atoms with Gasteiger partial charge >= 0.3 is 0 Å². The zero-order chi connectivity index (χ0) is 15.7. The van der Waals surface area contributed by atoms with Crippen molar-refractivity contribution in [3.8, 4) is 0 Å². The Bertz CT molecular complexity index is 739. The monoisotopic (exact) mass is 294 g/mol. The van der Waals surface area contributed by atoms with Gasteiger partial charge in [0.05, 0.1) is 12.1 Å². The van der Waals surface area contributed by atoms with Crippen LogP contribution in [0.1, 0.15) is 17.5 Å². The van der Waals surface area contributed by atoms with Crippen molar-refractivity contribution in [1.29, 1.82) is 0 Å². The third kappa shape index (κ3) is 2.60. The lowest BCUT2D eigenvalue weighted by atomic mass is 10.1. The van der Waals surface area contributed by atoms with E-state index in [1.807, 2.05) is 56.3 Å². The first-order valence-corrected chi connectivity index (χ1v) is 7.32. The van der Waals surface area contributed by atoms with Crippen LogP contribution in [0.3, 0.4) is 0 Å². The molecule has 22 heavy (non-hydrogen) atoms. The minimum atomic E-state index is -0.505. The molecular formula is C18H18N2O2. The maximum absolute atomic E-state index is 12.6. The minimum Gasteiger partial charge on any atom is -0.373 e. The second-order valence-electron chi connectivity index (χ2n) is 5.62. The Morgan fingerprint density at radius 3 is 2.55 bits per heavy atom. The number of carbonyl (C=O) groups is 2. The van der Waals surface area contributed by atoms with Crippen LogP contribution in [0.5, 0.6) is 0 Å². The topological polar surface area (TPSA) is 49.4 Å². The molecule has 1 fully saturated rings. The van der Waals surface area contributed by atoms with Crippen LogP contribution in [0, 0.1) is 13.8 Å². The number of anilines is 2. The summed E-state index contributed by atoms with van der Waals surface area (Å²) in [5, 5.41) is 3.19. The highest BCUT2D eigenvalue weighted by atomic mass is 16.2. The van der Waals surface area contributed by atoms with Crippen molar-refractivity contribution in [2.24, 2.45) is 0 Å². The first kappa shape index (κ1) is 14.3. The number of nitrogens with one attached hydrogen (secondary N) is 1. The second kappa shape index (κ2) is 5.64. The molecule has 1 saturated heterocycles. The van der Waals surface area contributed by atoms with E-state index in [0.717, 1.165) is 16.8 Å². The predicted molar refractivity (Wildman–Crippen MR) is 86.9 cm³/mol. The molecule has 2 aromatic rings. The van der Waals surface area contributed by atoms with Gasteiger partial charge in [0, 0.05) is 5.69 Å². The van der Waals surface area contributed by atoms with Gasteiger partial charge in [0.15, 0.2) is 0 Å². The van der Waals surface area contributed by atoms with Crippen molar-refractivity contribution < 1.29 is 9.59 Å². The highest BCUT2D eigenvalue weighted by molar-refractivity contribution is 6.23. The number of benzene rings is 2. The second-order valence-corrected chi connectivity index (χ2v) is 5.62. The largest absolute Gasteiger partial charge is 0.373 e. The van der Waals surface area contributed by atoms with Gasteiger partial charge in [-0.1, -0.05) is 30.3 Å². The summed E-state index contributed by atoms with van der Waals surface area (Å²) >= 11 is 0. The van der Waals surface area contributed by atoms with Crippen molar-refractivity contribution in [3.05, 3.63) is 59.7 Å². The van der Waals surface area contributed by atoms with E-state index in [2.05, 4.69) is 5.32 Å². The van der Waals surface area contributed by atoms with E-state index in [-0.39, 0.29) is 18.2 Å². The fourth-order valence-corrected chi connectivity index (χ4v) is 2.71. The summed E-state index contributed by atoms with van der Waals surface area (Å²) in [6, 6.07) is 14.7. The van der Waals surface area contributed by atoms with Gasteiger partial charge in [0.2, 0.25) is 5.91 Å². The number of imide groups is 1. The van der Waals surface area contributed by atoms with Crippen LogP contribution in [0.2, 0.25) is 0 Å². The van der Waals surface area contributed by atoms with Gasteiger partial charge in [-0.2, -0.15) is 0 Å². The van der Waals surface area contributed by atoms with Gasteiger partial charge in [-0.15, -0.1) is 0 Å². The third-order valence-electron chi connectivity index (χ3n) is 3.88. The van der Waals surface area contributed by atoms with Gasteiger partial charge in [0.1, 0.15) is 6.04 Å². The van der Waals surface area contributed by atoms with Gasteiger partial charge < -0.3 is 5.32 Å². The molecule has 0 radical (unpaired) electrons. The Hall–Kier alpha value is -2.62. The molecule has 1 heterocycles. The number of carbonyl (C=O) groups excluding carboxylic acids is 2. The molecule has 1 aliphatic rings.